The van der Waals surface area contributed by atoms with E-state index in [1.807, 2.05) is 11.8 Å². The average Bonchev–Trinajstić information content (AvgIpc) is 2.65. The van der Waals surface area contributed by atoms with E-state index < -0.39 is 4.92 Å². The molecule has 1 saturated heterocycles. The lowest BCUT2D eigenvalue weighted by Gasteiger charge is -2.35. The Hall–Kier alpha value is -3.00. The van der Waals surface area contributed by atoms with Crippen molar-refractivity contribution in [3.63, 3.8) is 0 Å². The molecule has 1 fully saturated rings. The molecule has 1 aliphatic rings. The number of nitrogens with one attached hydrogen (secondary N) is 1. The van der Waals surface area contributed by atoms with Crippen LogP contribution in [0.4, 0.5) is 21.5 Å². The number of nitro groups is 1. The van der Waals surface area contributed by atoms with Gasteiger partial charge >= 0.3 is 0 Å². The van der Waals surface area contributed by atoms with Crippen LogP contribution in [-0.4, -0.2) is 48.5 Å². The molecule has 0 atom stereocenters. The van der Waals surface area contributed by atoms with E-state index in [0.29, 0.717) is 18.8 Å². The maximum atomic E-state index is 13.3. The Kier molecular flexibility index (Phi) is 5.66. The smallest absolute Gasteiger partial charge is 0.269 e. The Morgan fingerprint density at radius 3 is 2.44 bits per heavy atom. The summed E-state index contributed by atoms with van der Waals surface area (Å²) < 4.78 is 13.3. The standard InChI is InChI=1S/C19H21FN4O3/c1-14-2-3-15(20)12-18(14)21-19(25)13-22-8-10-23(11-9-22)16-4-6-17(7-5-16)24(26)27/h2-7,12H,8-11,13H2,1H3,(H,21,25). The zero-order valence-corrected chi connectivity index (χ0v) is 15.0. The Balaban J connectivity index is 1.51. The van der Waals surface area contributed by atoms with E-state index in [1.54, 1.807) is 18.2 Å². The molecule has 8 heteroatoms. The van der Waals surface area contributed by atoms with Crippen molar-refractivity contribution in [2.45, 2.75) is 6.92 Å². The first-order valence-corrected chi connectivity index (χ1v) is 8.70. The van der Waals surface area contributed by atoms with E-state index in [1.165, 1.54) is 24.3 Å². The van der Waals surface area contributed by atoms with Gasteiger partial charge in [-0.1, -0.05) is 6.07 Å². The molecule has 0 spiro atoms. The van der Waals surface area contributed by atoms with Gasteiger partial charge in [0.15, 0.2) is 0 Å². The summed E-state index contributed by atoms with van der Waals surface area (Å²) in [7, 11) is 0. The third-order valence-corrected chi connectivity index (χ3v) is 4.64. The number of carbonyl (C=O) groups is 1. The van der Waals surface area contributed by atoms with E-state index in [4.69, 9.17) is 0 Å². The predicted molar refractivity (Wildman–Crippen MR) is 102 cm³/mol. The normalized spacial score (nSPS) is 14.8. The lowest BCUT2D eigenvalue weighted by molar-refractivity contribution is -0.384. The van der Waals surface area contributed by atoms with Crippen molar-refractivity contribution in [1.82, 2.24) is 4.90 Å². The number of benzene rings is 2. The quantitative estimate of drug-likeness (QED) is 0.645. The molecule has 1 amide bonds. The first-order valence-electron chi connectivity index (χ1n) is 8.70. The highest BCUT2D eigenvalue weighted by Gasteiger charge is 2.20. The number of carbonyl (C=O) groups excluding carboxylic acids is 1. The molecule has 0 aliphatic carbocycles. The van der Waals surface area contributed by atoms with E-state index in [2.05, 4.69) is 10.2 Å². The molecule has 3 rings (SSSR count). The largest absolute Gasteiger partial charge is 0.369 e. The van der Waals surface area contributed by atoms with Gasteiger partial charge in [0.1, 0.15) is 5.82 Å². The molecule has 1 N–H and O–H groups in total. The second kappa shape index (κ2) is 8.13. The van der Waals surface area contributed by atoms with Crippen molar-refractivity contribution < 1.29 is 14.1 Å². The van der Waals surface area contributed by atoms with Gasteiger partial charge in [0, 0.05) is 49.7 Å². The van der Waals surface area contributed by atoms with Crippen molar-refractivity contribution in [2.24, 2.45) is 0 Å². The minimum absolute atomic E-state index is 0.0710. The lowest BCUT2D eigenvalue weighted by atomic mass is 10.2. The van der Waals surface area contributed by atoms with Crippen molar-refractivity contribution in [3.05, 3.63) is 64.0 Å². The minimum Gasteiger partial charge on any atom is -0.369 e. The number of piperazine rings is 1. The molecule has 0 unspecified atom stereocenters. The van der Waals surface area contributed by atoms with Crippen LogP contribution in [0.2, 0.25) is 0 Å². The molecule has 0 saturated carbocycles. The molecule has 1 heterocycles. The Morgan fingerprint density at radius 1 is 1.15 bits per heavy atom. The maximum Gasteiger partial charge on any atom is 0.269 e. The Labute approximate surface area is 156 Å². The fraction of sp³-hybridized carbons (Fsp3) is 0.316. The van der Waals surface area contributed by atoms with Gasteiger partial charge in [-0.05, 0) is 36.8 Å². The number of halogens is 1. The number of anilines is 2. The number of nitrogens with zero attached hydrogens (tertiary/aromatic N) is 3. The third kappa shape index (κ3) is 4.79. The highest BCUT2D eigenvalue weighted by Crippen LogP contribution is 2.21. The fourth-order valence-corrected chi connectivity index (χ4v) is 3.07. The van der Waals surface area contributed by atoms with Crippen LogP contribution in [0.1, 0.15) is 5.56 Å². The molecule has 0 bridgehead atoms. The van der Waals surface area contributed by atoms with Crippen molar-refractivity contribution in [3.8, 4) is 0 Å². The Bertz CT molecular complexity index is 833. The summed E-state index contributed by atoms with van der Waals surface area (Å²) in [5.74, 6) is -0.555. The van der Waals surface area contributed by atoms with Crippen LogP contribution in [0, 0.1) is 22.9 Å². The summed E-state index contributed by atoms with van der Waals surface area (Å²) in [5, 5.41) is 13.5. The van der Waals surface area contributed by atoms with Gasteiger partial charge in [0.2, 0.25) is 5.91 Å². The highest BCUT2D eigenvalue weighted by molar-refractivity contribution is 5.93. The minimum atomic E-state index is -0.416. The molecule has 27 heavy (non-hydrogen) atoms. The molecular weight excluding hydrogens is 351 g/mol. The van der Waals surface area contributed by atoms with Crippen LogP contribution < -0.4 is 10.2 Å². The topological polar surface area (TPSA) is 78.7 Å². The second-order valence-corrected chi connectivity index (χ2v) is 6.54. The van der Waals surface area contributed by atoms with Gasteiger partial charge in [0.25, 0.3) is 5.69 Å². The predicted octanol–water partition coefficient (Wildman–Crippen LogP) is 2.80. The number of rotatable bonds is 5. The number of nitro benzene ring substituents is 1. The molecular formula is C19H21FN4O3. The van der Waals surface area contributed by atoms with Crippen LogP contribution in [0.5, 0.6) is 0 Å². The Morgan fingerprint density at radius 2 is 1.81 bits per heavy atom. The highest BCUT2D eigenvalue weighted by atomic mass is 19.1. The number of hydrogen-bond donors (Lipinski definition) is 1. The average molecular weight is 372 g/mol. The summed E-state index contributed by atoms with van der Waals surface area (Å²) >= 11 is 0. The molecule has 1 aliphatic heterocycles. The van der Waals surface area contributed by atoms with Gasteiger partial charge in [-0.2, -0.15) is 0 Å². The molecule has 2 aromatic carbocycles. The first kappa shape index (κ1) is 18.8. The van der Waals surface area contributed by atoms with E-state index in [0.717, 1.165) is 24.3 Å². The van der Waals surface area contributed by atoms with Crippen LogP contribution >= 0.6 is 0 Å². The van der Waals surface area contributed by atoms with Gasteiger partial charge in [-0.25, -0.2) is 4.39 Å². The van der Waals surface area contributed by atoms with Gasteiger partial charge in [-0.3, -0.25) is 19.8 Å². The van der Waals surface area contributed by atoms with Crippen LogP contribution in [-0.2, 0) is 4.79 Å². The van der Waals surface area contributed by atoms with Gasteiger partial charge in [0.05, 0.1) is 11.5 Å². The van der Waals surface area contributed by atoms with Crippen molar-refractivity contribution in [1.29, 1.82) is 0 Å². The summed E-state index contributed by atoms with van der Waals surface area (Å²) in [5.41, 5.74) is 2.30. The first-order chi connectivity index (χ1) is 12.9. The molecule has 7 nitrogen and oxygen atoms in total. The molecule has 2 aromatic rings. The van der Waals surface area contributed by atoms with Crippen LogP contribution in [0.3, 0.4) is 0 Å². The van der Waals surface area contributed by atoms with Crippen molar-refractivity contribution in [2.75, 3.05) is 42.9 Å². The summed E-state index contributed by atoms with van der Waals surface area (Å²) in [6, 6.07) is 10.8. The lowest BCUT2D eigenvalue weighted by Crippen LogP contribution is -2.48. The van der Waals surface area contributed by atoms with Gasteiger partial charge in [-0.15, -0.1) is 0 Å². The van der Waals surface area contributed by atoms with Crippen LogP contribution in [0.25, 0.3) is 0 Å². The zero-order valence-electron chi connectivity index (χ0n) is 15.0. The van der Waals surface area contributed by atoms with E-state index in [-0.39, 0.29) is 24.0 Å². The summed E-state index contributed by atoms with van der Waals surface area (Å²) in [6.45, 7) is 4.91. The number of hydrogen-bond acceptors (Lipinski definition) is 5. The molecule has 142 valence electrons. The maximum absolute atomic E-state index is 13.3. The zero-order chi connectivity index (χ0) is 19.4. The van der Waals surface area contributed by atoms with Crippen LogP contribution in [0.15, 0.2) is 42.5 Å². The van der Waals surface area contributed by atoms with Crippen molar-refractivity contribution >= 4 is 23.0 Å². The van der Waals surface area contributed by atoms with E-state index in [9.17, 15) is 19.3 Å². The number of aryl methyl sites for hydroxylation is 1. The van der Waals surface area contributed by atoms with Gasteiger partial charge < -0.3 is 10.2 Å². The number of non-ortho nitro benzene ring substituents is 1. The number of amides is 1. The SMILES string of the molecule is Cc1ccc(F)cc1NC(=O)CN1CCN(c2ccc([N+](=O)[O-])cc2)CC1. The van der Waals surface area contributed by atoms with E-state index >= 15 is 0 Å². The molecule has 0 aromatic heterocycles. The fourth-order valence-electron chi connectivity index (χ4n) is 3.07. The molecule has 0 radical (unpaired) electrons. The summed E-state index contributed by atoms with van der Waals surface area (Å²) in [6.07, 6.45) is 0. The summed E-state index contributed by atoms with van der Waals surface area (Å²) in [4.78, 5) is 26.7. The third-order valence-electron chi connectivity index (χ3n) is 4.64. The monoisotopic (exact) mass is 372 g/mol. The second-order valence-electron chi connectivity index (χ2n) is 6.54.